The number of nitrogens with two attached hydrogens (primary N) is 1. The van der Waals surface area contributed by atoms with Gasteiger partial charge in [-0.2, -0.15) is 0 Å². The van der Waals surface area contributed by atoms with Crippen LogP contribution in [0.3, 0.4) is 0 Å². The van der Waals surface area contributed by atoms with E-state index < -0.39 is 0 Å². The summed E-state index contributed by atoms with van der Waals surface area (Å²) in [7, 11) is 0. The van der Waals surface area contributed by atoms with Crippen molar-refractivity contribution < 1.29 is 4.74 Å². The highest BCUT2D eigenvalue weighted by atomic mass is 32.1. The third-order valence-electron chi connectivity index (χ3n) is 3.93. The molecule has 2 N–H and O–H groups in total. The normalized spacial score (nSPS) is 17.8. The Morgan fingerprint density at radius 2 is 2.29 bits per heavy atom. The van der Waals surface area contributed by atoms with Gasteiger partial charge in [-0.15, -0.1) is 11.3 Å². The zero-order chi connectivity index (χ0) is 14.8. The van der Waals surface area contributed by atoms with E-state index in [-0.39, 0.29) is 6.04 Å². The lowest BCUT2D eigenvalue weighted by atomic mass is 9.88. The first kappa shape index (κ1) is 14.5. The average Bonchev–Trinajstić information content (AvgIpc) is 2.94. The molecule has 0 fully saturated rings. The van der Waals surface area contributed by atoms with Gasteiger partial charge in [-0.3, -0.25) is 0 Å². The van der Waals surface area contributed by atoms with Gasteiger partial charge >= 0.3 is 0 Å². The van der Waals surface area contributed by atoms with Crippen molar-refractivity contribution in [2.45, 2.75) is 51.7 Å². The van der Waals surface area contributed by atoms with E-state index in [9.17, 15) is 0 Å². The van der Waals surface area contributed by atoms with Crippen LogP contribution in [0, 0.1) is 0 Å². The Kier molecular flexibility index (Phi) is 4.27. The second kappa shape index (κ2) is 6.16. The fourth-order valence-electron chi connectivity index (χ4n) is 2.73. The van der Waals surface area contributed by atoms with E-state index in [1.54, 1.807) is 11.3 Å². The maximum Gasteiger partial charge on any atom is 0.131 e. The maximum atomic E-state index is 6.14. The number of rotatable bonds is 4. The zero-order valence-electron chi connectivity index (χ0n) is 12.6. The fourth-order valence-corrected chi connectivity index (χ4v) is 3.55. The predicted octanol–water partition coefficient (Wildman–Crippen LogP) is 4.18. The van der Waals surface area contributed by atoms with E-state index in [0.717, 1.165) is 24.3 Å². The molecule has 0 bridgehead atoms. The smallest absolute Gasteiger partial charge is 0.131 e. The third-order valence-corrected chi connectivity index (χ3v) is 5.12. The van der Waals surface area contributed by atoms with Crippen molar-refractivity contribution in [3.8, 4) is 5.75 Å². The van der Waals surface area contributed by atoms with Crippen LogP contribution in [0.25, 0.3) is 0 Å². The number of fused-ring (bicyclic) bond motifs is 1. The standard InChI is InChI=1S/C17H22N2OS/c1-11(2)17-19-13(10-21-17)9-20-14-6-7-15-12(8-14)4-3-5-16(15)18/h6-8,10-11,16H,3-5,9,18H2,1-2H3. The number of nitrogens with zero attached hydrogens (tertiary/aromatic N) is 1. The number of hydrogen-bond donors (Lipinski definition) is 1. The highest BCUT2D eigenvalue weighted by Crippen LogP contribution is 2.31. The average molecular weight is 302 g/mol. The molecule has 1 aliphatic carbocycles. The van der Waals surface area contributed by atoms with E-state index in [1.807, 2.05) is 6.07 Å². The Morgan fingerprint density at radius 3 is 3.05 bits per heavy atom. The summed E-state index contributed by atoms with van der Waals surface area (Å²) in [6.07, 6.45) is 3.36. The van der Waals surface area contributed by atoms with Gasteiger partial charge in [0.15, 0.2) is 0 Å². The molecule has 0 radical (unpaired) electrons. The largest absolute Gasteiger partial charge is 0.487 e. The summed E-state index contributed by atoms with van der Waals surface area (Å²) >= 11 is 1.71. The summed E-state index contributed by atoms with van der Waals surface area (Å²) in [6.45, 7) is 4.86. The van der Waals surface area contributed by atoms with Crippen molar-refractivity contribution in [3.63, 3.8) is 0 Å². The molecule has 1 aliphatic rings. The maximum absolute atomic E-state index is 6.14. The Hall–Kier alpha value is -1.39. The van der Waals surface area contributed by atoms with E-state index in [0.29, 0.717) is 12.5 Å². The van der Waals surface area contributed by atoms with E-state index in [1.165, 1.54) is 22.6 Å². The summed E-state index contributed by atoms with van der Waals surface area (Å²) in [5.74, 6) is 1.40. The minimum Gasteiger partial charge on any atom is -0.487 e. The van der Waals surface area contributed by atoms with Crippen molar-refractivity contribution in [3.05, 3.63) is 45.4 Å². The van der Waals surface area contributed by atoms with Crippen molar-refractivity contribution in [1.82, 2.24) is 4.98 Å². The molecule has 112 valence electrons. The van der Waals surface area contributed by atoms with Crippen LogP contribution in [-0.4, -0.2) is 4.98 Å². The second-order valence-corrected chi connectivity index (χ2v) is 6.87. The van der Waals surface area contributed by atoms with Gasteiger partial charge in [-0.05, 0) is 42.5 Å². The zero-order valence-corrected chi connectivity index (χ0v) is 13.5. The van der Waals surface area contributed by atoms with Crippen molar-refractivity contribution in [2.24, 2.45) is 5.73 Å². The van der Waals surface area contributed by atoms with Gasteiger partial charge in [0.2, 0.25) is 0 Å². The Labute approximate surface area is 130 Å². The van der Waals surface area contributed by atoms with Crippen LogP contribution >= 0.6 is 11.3 Å². The Balaban J connectivity index is 1.67. The fraction of sp³-hybridized carbons (Fsp3) is 0.471. The number of ether oxygens (including phenoxy) is 1. The van der Waals surface area contributed by atoms with Gasteiger partial charge in [-0.1, -0.05) is 19.9 Å². The lowest BCUT2D eigenvalue weighted by Crippen LogP contribution is -2.17. The molecule has 0 aliphatic heterocycles. The van der Waals surface area contributed by atoms with E-state index in [2.05, 4.69) is 36.3 Å². The minimum absolute atomic E-state index is 0.190. The van der Waals surface area contributed by atoms with Crippen LogP contribution in [0.5, 0.6) is 5.75 Å². The van der Waals surface area contributed by atoms with Gasteiger partial charge in [0.1, 0.15) is 12.4 Å². The Bertz CT molecular complexity index is 621. The molecular formula is C17H22N2OS. The molecule has 0 saturated heterocycles. The summed E-state index contributed by atoms with van der Waals surface area (Å²) in [4.78, 5) is 4.60. The molecule has 4 heteroatoms. The highest BCUT2D eigenvalue weighted by Gasteiger charge is 2.17. The third kappa shape index (κ3) is 3.27. The monoisotopic (exact) mass is 302 g/mol. The van der Waals surface area contributed by atoms with E-state index in [4.69, 9.17) is 10.5 Å². The molecule has 3 rings (SSSR count). The van der Waals surface area contributed by atoms with Crippen LogP contribution in [0.2, 0.25) is 0 Å². The Morgan fingerprint density at radius 1 is 1.43 bits per heavy atom. The van der Waals surface area contributed by atoms with Crippen LogP contribution in [0.1, 0.15) is 60.5 Å². The predicted molar refractivity (Wildman–Crippen MR) is 86.8 cm³/mol. The topological polar surface area (TPSA) is 48.1 Å². The molecule has 1 aromatic heterocycles. The van der Waals surface area contributed by atoms with Crippen molar-refractivity contribution in [1.29, 1.82) is 0 Å². The summed E-state index contributed by atoms with van der Waals surface area (Å²) in [5, 5.41) is 3.26. The lowest BCUT2D eigenvalue weighted by molar-refractivity contribution is 0.301. The first-order valence-electron chi connectivity index (χ1n) is 7.59. The van der Waals surface area contributed by atoms with Gasteiger partial charge in [0, 0.05) is 17.3 Å². The highest BCUT2D eigenvalue weighted by molar-refractivity contribution is 7.09. The number of aromatic nitrogens is 1. The summed E-state index contributed by atoms with van der Waals surface area (Å²) in [6, 6.07) is 6.48. The molecular weight excluding hydrogens is 280 g/mol. The summed E-state index contributed by atoms with van der Waals surface area (Å²) in [5.41, 5.74) is 9.78. The van der Waals surface area contributed by atoms with Gasteiger partial charge in [0.25, 0.3) is 0 Å². The van der Waals surface area contributed by atoms with Crippen molar-refractivity contribution >= 4 is 11.3 Å². The van der Waals surface area contributed by atoms with Crippen molar-refractivity contribution in [2.75, 3.05) is 0 Å². The minimum atomic E-state index is 0.190. The van der Waals surface area contributed by atoms with Crippen LogP contribution in [0.4, 0.5) is 0 Å². The molecule has 1 unspecified atom stereocenters. The summed E-state index contributed by atoms with van der Waals surface area (Å²) < 4.78 is 5.89. The number of aryl methyl sites for hydroxylation is 1. The van der Waals surface area contributed by atoms with Gasteiger partial charge in [0.05, 0.1) is 10.7 Å². The van der Waals surface area contributed by atoms with Crippen LogP contribution in [-0.2, 0) is 13.0 Å². The van der Waals surface area contributed by atoms with Crippen LogP contribution in [0.15, 0.2) is 23.6 Å². The SMILES string of the molecule is CC(C)c1nc(COc2ccc3c(c2)CCCC3N)cs1. The first-order chi connectivity index (χ1) is 10.1. The molecule has 21 heavy (non-hydrogen) atoms. The van der Waals surface area contributed by atoms with Gasteiger partial charge in [-0.25, -0.2) is 4.98 Å². The van der Waals surface area contributed by atoms with Crippen LogP contribution < -0.4 is 10.5 Å². The molecule has 1 aromatic carbocycles. The molecule has 3 nitrogen and oxygen atoms in total. The molecule has 0 saturated carbocycles. The molecule has 1 heterocycles. The molecule has 2 aromatic rings. The lowest BCUT2D eigenvalue weighted by Gasteiger charge is -2.22. The first-order valence-corrected chi connectivity index (χ1v) is 8.47. The van der Waals surface area contributed by atoms with Gasteiger partial charge < -0.3 is 10.5 Å². The molecule has 0 spiro atoms. The van der Waals surface area contributed by atoms with E-state index >= 15 is 0 Å². The second-order valence-electron chi connectivity index (χ2n) is 5.98. The molecule has 0 amide bonds. The quantitative estimate of drug-likeness (QED) is 0.921. The molecule has 1 atom stereocenters. The number of benzene rings is 1. The number of thiazole rings is 1. The number of hydrogen-bond acceptors (Lipinski definition) is 4.